The molecule has 0 saturated carbocycles. The predicted molar refractivity (Wildman–Crippen MR) is 83.2 cm³/mol. The lowest BCUT2D eigenvalue weighted by Gasteiger charge is -2.12. The van der Waals surface area contributed by atoms with Gasteiger partial charge in [-0.2, -0.15) is 0 Å². The molecule has 1 aromatic carbocycles. The van der Waals surface area contributed by atoms with Crippen LogP contribution in [0.2, 0.25) is 19.6 Å². The van der Waals surface area contributed by atoms with Gasteiger partial charge in [0.05, 0.1) is 5.92 Å². The van der Waals surface area contributed by atoms with E-state index in [2.05, 4.69) is 0 Å². The summed E-state index contributed by atoms with van der Waals surface area (Å²) in [6.45, 7) is 5.86. The average Bonchev–Trinajstić information content (AvgIpc) is 2.37. The van der Waals surface area contributed by atoms with Gasteiger partial charge in [-0.1, -0.05) is 56.0 Å². The summed E-state index contributed by atoms with van der Waals surface area (Å²) in [4.78, 5) is 22.3. The van der Waals surface area contributed by atoms with Crippen molar-refractivity contribution in [2.75, 3.05) is 6.54 Å². The van der Waals surface area contributed by atoms with E-state index < -0.39 is 8.07 Å². The fourth-order valence-electron chi connectivity index (χ4n) is 1.81. The molecule has 1 rings (SSSR count). The summed E-state index contributed by atoms with van der Waals surface area (Å²) in [6.07, 6.45) is 3.89. The van der Waals surface area contributed by atoms with Gasteiger partial charge in [-0.05, 0) is 18.1 Å². The van der Waals surface area contributed by atoms with Crippen LogP contribution in [0.25, 0.3) is 0 Å². The number of carbonyl (C=O) groups excluding carboxylic acids is 1. The van der Waals surface area contributed by atoms with Crippen LogP contribution in [0.4, 0.5) is 0 Å². The summed E-state index contributed by atoms with van der Waals surface area (Å²) in [5.74, 6) is -0.183. The summed E-state index contributed by atoms with van der Waals surface area (Å²) in [7, 11) is -1.80. The minimum absolute atomic E-state index is 0.116. The van der Waals surface area contributed by atoms with Crippen molar-refractivity contribution in [2.24, 2.45) is 0 Å². The highest BCUT2D eigenvalue weighted by Gasteiger charge is 2.21. The maximum Gasteiger partial charge on any atom is 0.210 e. The molecular formula is C15H21NO3Si. The molecule has 108 valence electrons. The molecule has 0 bridgehead atoms. The second-order valence-corrected chi connectivity index (χ2v) is 10.9. The smallest absolute Gasteiger partial charge is 0.210 e. The highest BCUT2D eigenvalue weighted by molar-refractivity contribution is 7.04. The Balaban J connectivity index is 2.75. The minimum Gasteiger partial charge on any atom is -0.301 e. The Bertz CT molecular complexity index is 492. The second kappa shape index (κ2) is 7.14. The molecule has 5 heteroatoms. The van der Waals surface area contributed by atoms with Crippen LogP contribution in [0, 0.1) is 10.1 Å². The lowest BCUT2D eigenvalue weighted by Crippen LogP contribution is -2.31. The van der Waals surface area contributed by atoms with Crippen molar-refractivity contribution in [1.82, 2.24) is 0 Å². The normalized spacial score (nSPS) is 13.3. The van der Waals surface area contributed by atoms with Gasteiger partial charge in [0.25, 0.3) is 0 Å². The Morgan fingerprint density at radius 1 is 1.30 bits per heavy atom. The van der Waals surface area contributed by atoms with Crippen molar-refractivity contribution in [2.45, 2.75) is 32.0 Å². The first-order valence-corrected chi connectivity index (χ1v) is 10.2. The van der Waals surface area contributed by atoms with Crippen LogP contribution < -0.4 is 0 Å². The molecule has 20 heavy (non-hydrogen) atoms. The Labute approximate surface area is 120 Å². The molecule has 0 aliphatic rings. The van der Waals surface area contributed by atoms with E-state index in [1.807, 2.05) is 50.0 Å². The van der Waals surface area contributed by atoms with Crippen LogP contribution in [-0.2, 0) is 4.79 Å². The highest BCUT2D eigenvalue weighted by atomic mass is 28.3. The van der Waals surface area contributed by atoms with E-state index >= 15 is 0 Å². The topological polar surface area (TPSA) is 60.2 Å². The number of hydrogen-bond acceptors (Lipinski definition) is 3. The molecule has 4 nitrogen and oxygen atoms in total. The zero-order chi connectivity index (χ0) is 15.2. The van der Waals surface area contributed by atoms with E-state index in [0.717, 1.165) is 5.56 Å². The van der Waals surface area contributed by atoms with Gasteiger partial charge < -0.3 is 4.79 Å². The van der Waals surface area contributed by atoms with Gasteiger partial charge >= 0.3 is 0 Å². The molecule has 0 heterocycles. The van der Waals surface area contributed by atoms with E-state index in [4.69, 9.17) is 0 Å². The fraction of sp³-hybridized carbons (Fsp3) is 0.400. The van der Waals surface area contributed by atoms with Gasteiger partial charge in [0, 0.05) is 4.92 Å². The van der Waals surface area contributed by atoms with E-state index in [-0.39, 0.29) is 22.8 Å². The molecule has 0 spiro atoms. The van der Waals surface area contributed by atoms with E-state index in [9.17, 15) is 14.9 Å². The molecule has 0 fully saturated rings. The van der Waals surface area contributed by atoms with Crippen molar-refractivity contribution < 1.29 is 9.72 Å². The number of rotatable bonds is 7. The molecule has 0 saturated heterocycles. The molecule has 1 aromatic rings. The Kier molecular flexibility index (Phi) is 5.82. The summed E-state index contributed by atoms with van der Waals surface area (Å²) in [5, 5.41) is 10.9. The largest absolute Gasteiger partial charge is 0.301 e. The zero-order valence-electron chi connectivity index (χ0n) is 12.2. The van der Waals surface area contributed by atoms with Crippen molar-refractivity contribution in [3.8, 4) is 0 Å². The standard InChI is InChI=1S/C15H21NO3Si/c1-20(2,3)15(17)11-7-10-14(12-16(18)19)13-8-5-4-6-9-13/h4-9,11,14H,10,12H2,1-3H3/b11-7-. The first-order valence-electron chi connectivity index (χ1n) is 6.68. The van der Waals surface area contributed by atoms with Crippen LogP contribution in [0.15, 0.2) is 42.5 Å². The van der Waals surface area contributed by atoms with Crippen LogP contribution in [0.3, 0.4) is 0 Å². The average molecular weight is 291 g/mol. The quantitative estimate of drug-likeness (QED) is 0.334. The number of nitro groups is 1. The van der Waals surface area contributed by atoms with Gasteiger partial charge in [-0.25, -0.2) is 0 Å². The zero-order valence-corrected chi connectivity index (χ0v) is 13.2. The van der Waals surface area contributed by atoms with Crippen LogP contribution in [0.5, 0.6) is 0 Å². The first kappa shape index (κ1) is 16.3. The summed E-state index contributed by atoms with van der Waals surface area (Å²) in [6, 6.07) is 9.42. The van der Waals surface area contributed by atoms with Gasteiger partial charge in [0.15, 0.2) is 0 Å². The van der Waals surface area contributed by atoms with Crippen molar-refractivity contribution in [3.05, 3.63) is 58.2 Å². The van der Waals surface area contributed by atoms with Gasteiger partial charge in [-0.3, -0.25) is 10.1 Å². The second-order valence-electron chi connectivity index (χ2n) is 5.88. The number of carbonyl (C=O) groups is 1. The predicted octanol–water partition coefficient (Wildman–Crippen LogP) is 3.44. The Morgan fingerprint density at radius 3 is 2.40 bits per heavy atom. The maximum absolute atomic E-state index is 11.8. The van der Waals surface area contributed by atoms with Gasteiger partial charge in [-0.15, -0.1) is 0 Å². The van der Waals surface area contributed by atoms with Gasteiger partial charge in [0.1, 0.15) is 13.5 Å². The lowest BCUT2D eigenvalue weighted by atomic mass is 9.96. The summed E-state index contributed by atoms with van der Waals surface area (Å²) in [5.41, 5.74) is 0.939. The van der Waals surface area contributed by atoms with E-state index in [1.54, 1.807) is 12.2 Å². The fourth-order valence-corrected chi connectivity index (χ4v) is 2.43. The summed E-state index contributed by atoms with van der Waals surface area (Å²) < 4.78 is 0. The number of allylic oxidation sites excluding steroid dienone is 2. The molecule has 0 N–H and O–H groups in total. The monoisotopic (exact) mass is 291 g/mol. The summed E-state index contributed by atoms with van der Waals surface area (Å²) >= 11 is 0. The molecular weight excluding hydrogens is 270 g/mol. The minimum atomic E-state index is -1.80. The van der Waals surface area contributed by atoms with Gasteiger partial charge in [0.2, 0.25) is 6.54 Å². The molecule has 0 aliphatic carbocycles. The SMILES string of the molecule is C[Si](C)(C)C(=O)/C=C\CC(C[N+](=O)[O-])c1ccccc1. The third kappa shape index (κ3) is 5.48. The van der Waals surface area contributed by atoms with Crippen molar-refractivity contribution >= 4 is 13.5 Å². The number of nitrogens with zero attached hydrogens (tertiary/aromatic N) is 1. The third-order valence-corrected chi connectivity index (χ3v) is 4.71. The highest BCUT2D eigenvalue weighted by Crippen LogP contribution is 2.20. The van der Waals surface area contributed by atoms with Crippen LogP contribution in [-0.4, -0.2) is 24.9 Å². The van der Waals surface area contributed by atoms with E-state index in [0.29, 0.717) is 6.42 Å². The number of benzene rings is 1. The third-order valence-electron chi connectivity index (χ3n) is 3.07. The maximum atomic E-state index is 11.8. The van der Waals surface area contributed by atoms with Crippen molar-refractivity contribution in [1.29, 1.82) is 0 Å². The van der Waals surface area contributed by atoms with Crippen LogP contribution in [0.1, 0.15) is 17.9 Å². The number of hydrogen-bond donors (Lipinski definition) is 0. The molecule has 0 aromatic heterocycles. The van der Waals surface area contributed by atoms with Crippen LogP contribution >= 0.6 is 0 Å². The molecule has 0 aliphatic heterocycles. The molecule has 1 atom stereocenters. The first-order chi connectivity index (χ1) is 9.30. The molecule has 1 unspecified atom stereocenters. The Hall–Kier alpha value is -1.75. The molecule has 0 radical (unpaired) electrons. The van der Waals surface area contributed by atoms with Crippen molar-refractivity contribution in [3.63, 3.8) is 0 Å². The Morgan fingerprint density at radius 2 is 1.90 bits per heavy atom. The molecule has 0 amide bonds. The van der Waals surface area contributed by atoms with E-state index in [1.165, 1.54) is 0 Å². The lowest BCUT2D eigenvalue weighted by molar-refractivity contribution is -0.483.